The topological polar surface area (TPSA) is 0 Å². The lowest BCUT2D eigenvalue weighted by Gasteiger charge is -1.76. The van der Waals surface area contributed by atoms with E-state index >= 15 is 0 Å². The minimum Gasteiger partial charge on any atom is -0.122 e. The highest BCUT2D eigenvalue weighted by atomic mass is 79.9. The molecule has 0 aliphatic heterocycles. The van der Waals surface area contributed by atoms with Gasteiger partial charge in [0, 0.05) is 5.88 Å². The molecule has 0 atom stereocenters. The Morgan fingerprint density at radius 2 is 2.50 bits per heavy atom. The fourth-order valence-corrected chi connectivity index (χ4v) is 0.686. The summed E-state index contributed by atoms with van der Waals surface area (Å²) >= 11 is 8.50. The van der Waals surface area contributed by atoms with Gasteiger partial charge in [-0.15, -0.1) is 11.6 Å². The molecule has 0 unspecified atom stereocenters. The number of hydrogen-bond donors (Lipinski definition) is 0. The second kappa shape index (κ2) is 3.69. The van der Waals surface area contributed by atoms with Gasteiger partial charge in [0.25, 0.3) is 0 Å². The first-order chi connectivity index (χ1) is 2.77. The molecule has 0 aliphatic rings. The van der Waals surface area contributed by atoms with E-state index in [1.807, 2.05) is 13.0 Å². The first-order valence-corrected chi connectivity index (χ1v) is 2.98. The van der Waals surface area contributed by atoms with Gasteiger partial charge in [-0.25, -0.2) is 0 Å². The van der Waals surface area contributed by atoms with Gasteiger partial charge in [-0.3, -0.25) is 0 Å². The summed E-state index contributed by atoms with van der Waals surface area (Å²) in [6, 6.07) is 0. The van der Waals surface area contributed by atoms with Crippen LogP contribution in [0, 0.1) is 0 Å². The third-order valence-electron chi connectivity index (χ3n) is 0.358. The Hall–Kier alpha value is 0.510. The van der Waals surface area contributed by atoms with Gasteiger partial charge >= 0.3 is 0 Å². The van der Waals surface area contributed by atoms with Gasteiger partial charge in [-0.2, -0.15) is 0 Å². The van der Waals surface area contributed by atoms with Crippen LogP contribution in [0.1, 0.15) is 6.92 Å². The fourth-order valence-electron chi connectivity index (χ4n) is 0.106. The maximum absolute atomic E-state index is 5.29. The number of rotatable bonds is 1. The Bertz CT molecular complexity index is 54.6. The summed E-state index contributed by atoms with van der Waals surface area (Å²) in [7, 11) is 0. The van der Waals surface area contributed by atoms with E-state index in [1.54, 1.807) is 0 Å². The molecule has 0 nitrogen and oxygen atoms in total. The molecule has 0 bridgehead atoms. The molecule has 0 amide bonds. The zero-order valence-electron chi connectivity index (χ0n) is 3.54. The quantitative estimate of drug-likeness (QED) is 0.529. The van der Waals surface area contributed by atoms with Gasteiger partial charge in [0.1, 0.15) is 0 Å². The Labute approximate surface area is 51.3 Å². The van der Waals surface area contributed by atoms with Gasteiger partial charge in [-0.05, 0) is 11.4 Å². The molecular weight excluding hydrogens is 163 g/mol. The van der Waals surface area contributed by atoms with Gasteiger partial charge < -0.3 is 0 Å². The molecular formula is C4H6BrCl. The van der Waals surface area contributed by atoms with Crippen molar-refractivity contribution in [1.82, 2.24) is 0 Å². The summed E-state index contributed by atoms with van der Waals surface area (Å²) in [6.07, 6.45) is 1.89. The summed E-state index contributed by atoms with van der Waals surface area (Å²) < 4.78 is 1.09. The van der Waals surface area contributed by atoms with Crippen LogP contribution in [-0.2, 0) is 0 Å². The van der Waals surface area contributed by atoms with E-state index in [4.69, 9.17) is 11.6 Å². The highest BCUT2D eigenvalue weighted by Crippen LogP contribution is 2.00. The summed E-state index contributed by atoms with van der Waals surface area (Å²) in [6.45, 7) is 1.95. The van der Waals surface area contributed by atoms with Gasteiger partial charge in [0.05, 0.1) is 0 Å². The Kier molecular flexibility index (Phi) is 4.01. The lowest BCUT2D eigenvalue weighted by atomic mass is 10.6. The van der Waals surface area contributed by atoms with Gasteiger partial charge in [0.15, 0.2) is 0 Å². The lowest BCUT2D eigenvalue weighted by molar-refractivity contribution is 1.62. The van der Waals surface area contributed by atoms with Crippen LogP contribution in [0.5, 0.6) is 0 Å². The van der Waals surface area contributed by atoms with Gasteiger partial charge in [0.2, 0.25) is 0 Å². The standard InChI is InChI=1S/C4H6BrCl/c1-4(5)2-3-6/h2H,3H2,1H3. The molecule has 0 radical (unpaired) electrons. The zero-order chi connectivity index (χ0) is 4.99. The number of halogens is 2. The van der Waals surface area contributed by atoms with Crippen LogP contribution in [0.4, 0.5) is 0 Å². The average Bonchev–Trinajstić information content (AvgIpc) is 1.35. The predicted octanol–water partition coefficient (Wildman–Crippen LogP) is 2.52. The van der Waals surface area contributed by atoms with E-state index in [9.17, 15) is 0 Å². The second-order valence-corrected chi connectivity index (χ2v) is 2.50. The number of allylic oxidation sites excluding steroid dienone is 2. The molecule has 0 aromatic rings. The average molecular weight is 169 g/mol. The molecule has 2 heteroatoms. The molecule has 0 saturated heterocycles. The van der Waals surface area contributed by atoms with Crippen molar-refractivity contribution in [2.24, 2.45) is 0 Å². The summed E-state index contributed by atoms with van der Waals surface area (Å²) in [5, 5.41) is 0. The molecule has 0 saturated carbocycles. The molecule has 0 rings (SSSR count). The second-order valence-electron chi connectivity index (χ2n) is 0.945. The van der Waals surface area contributed by atoms with E-state index in [0.717, 1.165) is 4.48 Å². The normalized spacial score (nSPS) is 12.2. The van der Waals surface area contributed by atoms with Gasteiger partial charge in [-0.1, -0.05) is 22.0 Å². The first-order valence-electron chi connectivity index (χ1n) is 1.65. The minimum atomic E-state index is 0.594. The number of hydrogen-bond acceptors (Lipinski definition) is 0. The third kappa shape index (κ3) is 4.51. The SMILES string of the molecule is CC(Br)=CCCl. The third-order valence-corrected chi connectivity index (χ3v) is 0.836. The van der Waals surface area contributed by atoms with Crippen LogP contribution in [0.3, 0.4) is 0 Å². The van der Waals surface area contributed by atoms with Crippen molar-refractivity contribution in [3.63, 3.8) is 0 Å². The van der Waals surface area contributed by atoms with Crippen molar-refractivity contribution >= 4 is 27.5 Å². The van der Waals surface area contributed by atoms with Crippen LogP contribution in [0.2, 0.25) is 0 Å². The highest BCUT2D eigenvalue weighted by molar-refractivity contribution is 9.11. The largest absolute Gasteiger partial charge is 0.122 e. The molecule has 0 aromatic carbocycles. The van der Waals surface area contributed by atoms with Crippen molar-refractivity contribution in [2.75, 3.05) is 5.88 Å². The van der Waals surface area contributed by atoms with Crippen LogP contribution < -0.4 is 0 Å². The summed E-state index contributed by atoms with van der Waals surface area (Å²) in [5.41, 5.74) is 0. The van der Waals surface area contributed by atoms with Crippen molar-refractivity contribution < 1.29 is 0 Å². The summed E-state index contributed by atoms with van der Waals surface area (Å²) in [5.74, 6) is 0.594. The van der Waals surface area contributed by atoms with Crippen molar-refractivity contribution in [1.29, 1.82) is 0 Å². The van der Waals surface area contributed by atoms with E-state index in [1.165, 1.54) is 0 Å². The molecule has 6 heavy (non-hydrogen) atoms. The molecule has 0 aromatic heterocycles. The molecule has 0 fully saturated rings. The minimum absolute atomic E-state index is 0.594. The molecule has 36 valence electrons. The Morgan fingerprint density at radius 1 is 2.00 bits per heavy atom. The monoisotopic (exact) mass is 168 g/mol. The van der Waals surface area contributed by atoms with E-state index < -0.39 is 0 Å². The molecule has 0 spiro atoms. The fraction of sp³-hybridized carbons (Fsp3) is 0.500. The van der Waals surface area contributed by atoms with Crippen LogP contribution >= 0.6 is 27.5 Å². The maximum Gasteiger partial charge on any atom is 0.0414 e. The van der Waals surface area contributed by atoms with Crippen LogP contribution in [0.15, 0.2) is 10.6 Å². The lowest BCUT2D eigenvalue weighted by Crippen LogP contribution is -1.58. The highest BCUT2D eigenvalue weighted by Gasteiger charge is 1.71. The number of alkyl halides is 1. The molecule has 0 heterocycles. The zero-order valence-corrected chi connectivity index (χ0v) is 5.88. The smallest absolute Gasteiger partial charge is 0.0414 e. The van der Waals surface area contributed by atoms with Crippen molar-refractivity contribution in [3.8, 4) is 0 Å². The van der Waals surface area contributed by atoms with E-state index in [2.05, 4.69) is 15.9 Å². The molecule has 0 N–H and O–H groups in total. The van der Waals surface area contributed by atoms with Crippen LogP contribution in [0.25, 0.3) is 0 Å². The molecule has 0 aliphatic carbocycles. The van der Waals surface area contributed by atoms with Crippen molar-refractivity contribution in [3.05, 3.63) is 10.6 Å². The Morgan fingerprint density at radius 3 is 2.50 bits per heavy atom. The predicted molar refractivity (Wildman–Crippen MR) is 33.4 cm³/mol. The summed E-state index contributed by atoms with van der Waals surface area (Å²) in [4.78, 5) is 0. The van der Waals surface area contributed by atoms with E-state index in [-0.39, 0.29) is 0 Å². The van der Waals surface area contributed by atoms with E-state index in [0.29, 0.717) is 5.88 Å². The van der Waals surface area contributed by atoms with Crippen molar-refractivity contribution in [2.45, 2.75) is 6.92 Å². The first kappa shape index (κ1) is 6.51. The Balaban J connectivity index is 3.14. The maximum atomic E-state index is 5.29. The van der Waals surface area contributed by atoms with Crippen LogP contribution in [-0.4, -0.2) is 5.88 Å².